The van der Waals surface area contributed by atoms with Crippen molar-refractivity contribution >= 4 is 11.9 Å². The molecule has 0 heterocycles. The van der Waals surface area contributed by atoms with E-state index in [-0.39, 0.29) is 18.4 Å². The van der Waals surface area contributed by atoms with Crippen molar-refractivity contribution in [2.24, 2.45) is 5.92 Å². The molecule has 102 valence electrons. The number of hydrogen-bond acceptors (Lipinski definition) is 3. The zero-order valence-electron chi connectivity index (χ0n) is 10.5. The van der Waals surface area contributed by atoms with E-state index in [4.69, 9.17) is 9.84 Å². The van der Waals surface area contributed by atoms with E-state index in [1.54, 1.807) is 0 Å². The predicted octanol–water partition coefficient (Wildman–Crippen LogP) is 1.18. The maximum Gasteiger partial charge on any atom is 0.326 e. The van der Waals surface area contributed by atoms with E-state index in [2.05, 4.69) is 5.32 Å². The quantitative estimate of drug-likeness (QED) is 0.774. The summed E-state index contributed by atoms with van der Waals surface area (Å²) in [5.74, 6) is -1.27. The van der Waals surface area contributed by atoms with Crippen LogP contribution in [0.1, 0.15) is 18.4 Å². The maximum atomic E-state index is 11.6. The fourth-order valence-corrected chi connectivity index (χ4v) is 1.86. The Hall–Kier alpha value is -1.88. The lowest BCUT2D eigenvalue weighted by Gasteiger charge is -2.13. The molecular weight excluding hydrogens is 246 g/mol. The third-order valence-corrected chi connectivity index (χ3v) is 3.02. The third-order valence-electron chi connectivity index (χ3n) is 3.02. The van der Waals surface area contributed by atoms with Gasteiger partial charge in [-0.15, -0.1) is 0 Å². The van der Waals surface area contributed by atoms with Crippen LogP contribution in [0.5, 0.6) is 0 Å². The van der Waals surface area contributed by atoms with Gasteiger partial charge >= 0.3 is 5.97 Å². The largest absolute Gasteiger partial charge is 0.480 e. The summed E-state index contributed by atoms with van der Waals surface area (Å²) in [7, 11) is 0. The Labute approximate surface area is 111 Å². The smallest absolute Gasteiger partial charge is 0.326 e. The number of amides is 1. The van der Waals surface area contributed by atoms with Gasteiger partial charge in [0.25, 0.3) is 0 Å². The summed E-state index contributed by atoms with van der Waals surface area (Å²) in [6.45, 7) is 0.223. The molecule has 0 saturated heterocycles. The molecule has 1 aliphatic carbocycles. The second-order valence-corrected chi connectivity index (χ2v) is 4.70. The summed E-state index contributed by atoms with van der Waals surface area (Å²) in [5, 5.41) is 11.5. The molecule has 19 heavy (non-hydrogen) atoms. The van der Waals surface area contributed by atoms with Crippen LogP contribution in [0.4, 0.5) is 0 Å². The predicted molar refractivity (Wildman–Crippen MR) is 68.4 cm³/mol. The monoisotopic (exact) mass is 263 g/mol. The molecule has 0 spiro atoms. The van der Waals surface area contributed by atoms with Crippen LogP contribution in [-0.2, 0) is 20.9 Å². The van der Waals surface area contributed by atoms with Crippen molar-refractivity contribution in [3.05, 3.63) is 35.9 Å². The summed E-state index contributed by atoms with van der Waals surface area (Å²) < 4.78 is 5.26. The number of carboxylic acids is 1. The summed E-state index contributed by atoms with van der Waals surface area (Å²) in [6, 6.07) is 8.74. The van der Waals surface area contributed by atoms with Gasteiger partial charge in [0.1, 0.15) is 12.6 Å². The summed E-state index contributed by atoms with van der Waals surface area (Å²) in [6.07, 6.45) is 1.73. The molecule has 1 atom stereocenters. The van der Waals surface area contributed by atoms with Gasteiger partial charge in [-0.2, -0.15) is 0 Å². The van der Waals surface area contributed by atoms with E-state index in [1.165, 1.54) is 0 Å². The first-order valence-electron chi connectivity index (χ1n) is 6.30. The molecule has 1 saturated carbocycles. The normalized spacial score (nSPS) is 15.8. The van der Waals surface area contributed by atoms with Crippen LogP contribution >= 0.6 is 0 Å². The first-order chi connectivity index (χ1) is 9.16. The molecule has 0 bridgehead atoms. The van der Waals surface area contributed by atoms with E-state index < -0.39 is 12.0 Å². The van der Waals surface area contributed by atoms with Crippen molar-refractivity contribution < 1.29 is 19.4 Å². The van der Waals surface area contributed by atoms with Crippen LogP contribution in [-0.4, -0.2) is 29.6 Å². The van der Waals surface area contributed by atoms with Crippen LogP contribution < -0.4 is 5.32 Å². The molecule has 1 fully saturated rings. The number of rotatable bonds is 7. The molecule has 1 aliphatic rings. The molecule has 0 aromatic heterocycles. The van der Waals surface area contributed by atoms with Gasteiger partial charge in [0, 0.05) is 0 Å². The van der Waals surface area contributed by atoms with Gasteiger partial charge in [-0.05, 0) is 24.3 Å². The van der Waals surface area contributed by atoms with Crippen molar-refractivity contribution in [2.45, 2.75) is 25.5 Å². The molecule has 0 aliphatic heterocycles. The molecule has 0 radical (unpaired) electrons. The van der Waals surface area contributed by atoms with Crippen LogP contribution in [0.15, 0.2) is 30.3 Å². The lowest BCUT2D eigenvalue weighted by atomic mass is 10.2. The van der Waals surface area contributed by atoms with E-state index in [9.17, 15) is 9.59 Å². The molecule has 1 amide bonds. The van der Waals surface area contributed by atoms with E-state index in [1.807, 2.05) is 30.3 Å². The minimum Gasteiger partial charge on any atom is -0.480 e. The lowest BCUT2D eigenvalue weighted by molar-refractivity contribution is -0.143. The Bertz CT molecular complexity index is 442. The Kier molecular flexibility index (Phi) is 4.52. The Balaban J connectivity index is 1.71. The second kappa shape index (κ2) is 6.33. The third kappa shape index (κ3) is 4.37. The van der Waals surface area contributed by atoms with Gasteiger partial charge in [-0.3, -0.25) is 4.79 Å². The molecule has 1 aromatic carbocycles. The van der Waals surface area contributed by atoms with Gasteiger partial charge in [0.2, 0.25) is 5.91 Å². The molecule has 1 unspecified atom stereocenters. The first kappa shape index (κ1) is 13.5. The van der Waals surface area contributed by atoms with Gasteiger partial charge < -0.3 is 15.2 Å². The molecule has 2 N–H and O–H groups in total. The van der Waals surface area contributed by atoms with E-state index in [0.29, 0.717) is 6.61 Å². The Morgan fingerprint density at radius 1 is 1.32 bits per heavy atom. The fraction of sp³-hybridized carbons (Fsp3) is 0.429. The number of benzene rings is 1. The number of carbonyl (C=O) groups is 2. The minimum absolute atomic E-state index is 0.0792. The highest BCUT2D eigenvalue weighted by molar-refractivity contribution is 5.84. The minimum atomic E-state index is -0.973. The SMILES string of the molecule is O=C(COCc1ccccc1)NC(C(=O)O)C1CC1. The molecule has 2 rings (SSSR count). The van der Waals surface area contributed by atoms with Gasteiger partial charge in [-0.1, -0.05) is 30.3 Å². The zero-order chi connectivity index (χ0) is 13.7. The van der Waals surface area contributed by atoms with Crippen molar-refractivity contribution in [3.8, 4) is 0 Å². The molecule has 1 aromatic rings. The average Bonchev–Trinajstić information content (AvgIpc) is 3.21. The zero-order valence-corrected chi connectivity index (χ0v) is 10.5. The van der Waals surface area contributed by atoms with Crippen molar-refractivity contribution in [2.75, 3.05) is 6.61 Å². The van der Waals surface area contributed by atoms with Crippen LogP contribution in [0.25, 0.3) is 0 Å². The Morgan fingerprint density at radius 3 is 2.58 bits per heavy atom. The van der Waals surface area contributed by atoms with E-state index >= 15 is 0 Å². The lowest BCUT2D eigenvalue weighted by Crippen LogP contribution is -2.43. The number of aliphatic carboxylic acids is 1. The summed E-state index contributed by atoms with van der Waals surface area (Å²) in [5.41, 5.74) is 0.979. The number of carbonyl (C=O) groups excluding carboxylic acids is 1. The first-order valence-corrected chi connectivity index (χ1v) is 6.30. The summed E-state index contributed by atoms with van der Waals surface area (Å²) >= 11 is 0. The van der Waals surface area contributed by atoms with E-state index in [0.717, 1.165) is 18.4 Å². The van der Waals surface area contributed by atoms with Gasteiger partial charge in [0.05, 0.1) is 6.61 Å². The second-order valence-electron chi connectivity index (χ2n) is 4.70. The topological polar surface area (TPSA) is 75.6 Å². The van der Waals surface area contributed by atoms with Crippen LogP contribution in [0.2, 0.25) is 0 Å². The fourth-order valence-electron chi connectivity index (χ4n) is 1.86. The van der Waals surface area contributed by atoms with Crippen molar-refractivity contribution in [1.82, 2.24) is 5.32 Å². The van der Waals surface area contributed by atoms with Crippen molar-refractivity contribution in [3.63, 3.8) is 0 Å². The standard InChI is InChI=1S/C14H17NO4/c16-12(15-13(14(17)18)11-6-7-11)9-19-8-10-4-2-1-3-5-10/h1-5,11,13H,6-9H2,(H,15,16)(H,17,18). The number of hydrogen-bond donors (Lipinski definition) is 2. The van der Waals surface area contributed by atoms with Gasteiger partial charge in [-0.25, -0.2) is 4.79 Å². The average molecular weight is 263 g/mol. The van der Waals surface area contributed by atoms with Gasteiger partial charge in [0.15, 0.2) is 0 Å². The molecule has 5 heteroatoms. The number of ether oxygens (including phenoxy) is 1. The highest BCUT2D eigenvalue weighted by Crippen LogP contribution is 2.32. The van der Waals surface area contributed by atoms with Crippen molar-refractivity contribution in [1.29, 1.82) is 0 Å². The van der Waals surface area contributed by atoms with Crippen LogP contribution in [0, 0.1) is 5.92 Å². The number of carboxylic acid groups (broad SMARTS) is 1. The number of nitrogens with one attached hydrogen (secondary N) is 1. The molecular formula is C14H17NO4. The highest BCUT2D eigenvalue weighted by atomic mass is 16.5. The Morgan fingerprint density at radius 2 is 2.00 bits per heavy atom. The summed E-state index contributed by atoms with van der Waals surface area (Å²) in [4.78, 5) is 22.5. The van der Waals surface area contributed by atoms with Crippen LogP contribution in [0.3, 0.4) is 0 Å². The molecule has 5 nitrogen and oxygen atoms in total. The maximum absolute atomic E-state index is 11.6. The highest BCUT2D eigenvalue weighted by Gasteiger charge is 2.37.